The molecule has 4 aliphatic heterocycles. The van der Waals surface area contributed by atoms with E-state index in [1.165, 1.54) is 11.1 Å². The first-order valence-corrected chi connectivity index (χ1v) is 11.0. The molecular weight excluding hydrogens is 366 g/mol. The van der Waals surface area contributed by atoms with Crippen molar-refractivity contribution in [2.45, 2.75) is 51.2 Å². The Labute approximate surface area is 172 Å². The smallest absolute Gasteiger partial charge is 0.241 e. The van der Waals surface area contributed by atoms with Gasteiger partial charge in [0.05, 0.1) is 18.2 Å². The lowest BCUT2D eigenvalue weighted by atomic mass is 9.73. The Morgan fingerprint density at radius 3 is 3.03 bits per heavy atom. The zero-order chi connectivity index (χ0) is 20.2. The number of benzene rings is 1. The van der Waals surface area contributed by atoms with Crippen LogP contribution < -0.4 is 10.2 Å². The molecule has 0 aliphatic carbocycles. The molecule has 1 N–H and O–H groups in total. The lowest BCUT2D eigenvalue weighted by molar-refractivity contribution is -0.120. The first-order chi connectivity index (χ1) is 13.9. The maximum atomic E-state index is 13.2. The van der Waals surface area contributed by atoms with Crippen molar-refractivity contribution in [3.63, 3.8) is 0 Å². The average molecular weight is 398 g/mol. The van der Waals surface area contributed by atoms with Gasteiger partial charge in [0.2, 0.25) is 11.8 Å². The molecule has 1 spiro atoms. The van der Waals surface area contributed by atoms with Crippen molar-refractivity contribution >= 4 is 17.5 Å². The van der Waals surface area contributed by atoms with Crippen LogP contribution in [0.15, 0.2) is 18.2 Å². The van der Waals surface area contributed by atoms with Crippen LogP contribution in [0.5, 0.6) is 0 Å². The number of hydrogen-bond acceptors (Lipinski definition) is 4. The number of carbonyl (C=O) groups is 2. The average Bonchev–Trinajstić information content (AvgIpc) is 3.33. The maximum Gasteiger partial charge on any atom is 0.241 e. The van der Waals surface area contributed by atoms with E-state index in [-0.39, 0.29) is 23.5 Å². The Bertz CT molecular complexity index is 841. The Morgan fingerprint density at radius 2 is 2.21 bits per heavy atom. The highest BCUT2D eigenvalue weighted by molar-refractivity contribution is 5.96. The molecule has 3 saturated heterocycles. The number of carbonyl (C=O) groups excluding carboxylic acids is 2. The maximum absolute atomic E-state index is 13.2. The van der Waals surface area contributed by atoms with Gasteiger partial charge in [-0.25, -0.2) is 0 Å². The quantitative estimate of drug-likeness (QED) is 0.843. The number of likely N-dealkylation sites (tertiary alicyclic amines) is 1. The molecule has 3 fully saturated rings. The largest absolute Gasteiger partial charge is 0.370 e. The molecule has 4 heterocycles. The molecule has 6 heteroatoms. The number of amides is 2. The lowest BCUT2D eigenvalue weighted by Crippen LogP contribution is -2.43. The number of rotatable bonds is 4. The molecule has 0 saturated carbocycles. The molecular formula is C23H31N3O3. The normalized spacial score (nSPS) is 32.9. The predicted octanol–water partition coefficient (Wildman–Crippen LogP) is 1.89. The van der Waals surface area contributed by atoms with Crippen LogP contribution in [-0.4, -0.2) is 61.1 Å². The highest BCUT2D eigenvalue weighted by Crippen LogP contribution is 2.54. The van der Waals surface area contributed by atoms with Crippen LogP contribution in [0.4, 0.5) is 5.69 Å². The number of nitrogens with zero attached hydrogens (tertiary/aromatic N) is 2. The highest BCUT2D eigenvalue weighted by Gasteiger charge is 2.62. The van der Waals surface area contributed by atoms with Crippen LogP contribution in [0.1, 0.15) is 37.3 Å². The van der Waals surface area contributed by atoms with Crippen molar-refractivity contribution in [1.29, 1.82) is 0 Å². The second-order valence-electron chi connectivity index (χ2n) is 9.42. The summed E-state index contributed by atoms with van der Waals surface area (Å²) in [7, 11) is 0. The molecule has 0 aromatic heterocycles. The number of fused-ring (bicyclic) bond motifs is 2. The van der Waals surface area contributed by atoms with Gasteiger partial charge in [-0.2, -0.15) is 0 Å². The predicted molar refractivity (Wildman–Crippen MR) is 111 cm³/mol. The third-order valence-electron chi connectivity index (χ3n) is 7.45. The Balaban J connectivity index is 1.27. The van der Waals surface area contributed by atoms with Gasteiger partial charge in [0.25, 0.3) is 0 Å². The van der Waals surface area contributed by atoms with Crippen LogP contribution in [0.25, 0.3) is 0 Å². The van der Waals surface area contributed by atoms with E-state index >= 15 is 0 Å². The van der Waals surface area contributed by atoms with Crippen molar-refractivity contribution in [3.8, 4) is 0 Å². The first-order valence-electron chi connectivity index (χ1n) is 11.0. The Kier molecular flexibility index (Phi) is 4.67. The van der Waals surface area contributed by atoms with E-state index in [9.17, 15) is 9.59 Å². The topological polar surface area (TPSA) is 61.9 Å². The summed E-state index contributed by atoms with van der Waals surface area (Å²) in [6, 6.07) is 6.42. The van der Waals surface area contributed by atoms with Gasteiger partial charge in [-0.15, -0.1) is 0 Å². The number of nitrogens with one attached hydrogen (secondary N) is 1. The molecule has 4 atom stereocenters. The van der Waals surface area contributed by atoms with Crippen LogP contribution in [0.3, 0.4) is 0 Å². The monoisotopic (exact) mass is 397 g/mol. The van der Waals surface area contributed by atoms with Gasteiger partial charge in [-0.05, 0) is 44.2 Å². The molecule has 2 amide bonds. The standard InChI is InChI=1S/C23H31N3O3/c1-15-5-6-20-17(10-15)4-3-9-26(20)22(28)13-25-12-19-18(11-24-16(2)27)21-7-8-23(19,14-25)29-21/h5-6,10,18-19,21H,3-4,7-9,11-14H2,1-2H3,(H,24,27)/t18-,19+,21+,23+/m0/s1. The third-order valence-corrected chi connectivity index (χ3v) is 7.45. The van der Waals surface area contributed by atoms with Crippen LogP contribution >= 0.6 is 0 Å². The summed E-state index contributed by atoms with van der Waals surface area (Å²) >= 11 is 0. The van der Waals surface area contributed by atoms with Crippen LogP contribution in [0, 0.1) is 18.8 Å². The fraction of sp³-hybridized carbons (Fsp3) is 0.652. The summed E-state index contributed by atoms with van der Waals surface area (Å²) in [4.78, 5) is 28.9. The van der Waals surface area contributed by atoms with Gasteiger partial charge in [0, 0.05) is 50.6 Å². The van der Waals surface area contributed by atoms with E-state index in [1.54, 1.807) is 6.92 Å². The number of hydrogen-bond donors (Lipinski definition) is 1. The Hall–Kier alpha value is -1.92. The van der Waals surface area contributed by atoms with Crippen LogP contribution in [-0.2, 0) is 20.7 Å². The highest BCUT2D eigenvalue weighted by atomic mass is 16.5. The number of anilines is 1. The van der Waals surface area contributed by atoms with Gasteiger partial charge in [-0.1, -0.05) is 17.7 Å². The fourth-order valence-electron chi connectivity index (χ4n) is 6.20. The van der Waals surface area contributed by atoms with E-state index in [4.69, 9.17) is 4.74 Å². The molecule has 156 valence electrons. The summed E-state index contributed by atoms with van der Waals surface area (Å²) in [6.07, 6.45) is 4.49. The van der Waals surface area contributed by atoms with E-state index in [1.807, 2.05) is 4.90 Å². The van der Waals surface area contributed by atoms with Crippen molar-refractivity contribution in [2.24, 2.45) is 11.8 Å². The lowest BCUT2D eigenvalue weighted by Gasteiger charge is -2.31. The van der Waals surface area contributed by atoms with Crippen molar-refractivity contribution < 1.29 is 14.3 Å². The molecule has 2 bridgehead atoms. The molecule has 1 aromatic rings. The molecule has 0 unspecified atom stereocenters. The summed E-state index contributed by atoms with van der Waals surface area (Å²) < 4.78 is 6.44. The molecule has 1 aromatic carbocycles. The van der Waals surface area contributed by atoms with E-state index in [0.29, 0.717) is 24.9 Å². The Morgan fingerprint density at radius 1 is 1.34 bits per heavy atom. The van der Waals surface area contributed by atoms with Crippen molar-refractivity contribution in [3.05, 3.63) is 29.3 Å². The minimum Gasteiger partial charge on any atom is -0.370 e. The summed E-state index contributed by atoms with van der Waals surface area (Å²) in [5, 5.41) is 2.99. The van der Waals surface area contributed by atoms with E-state index in [2.05, 4.69) is 35.3 Å². The molecule has 5 rings (SSSR count). The minimum atomic E-state index is -0.106. The van der Waals surface area contributed by atoms with Crippen molar-refractivity contribution in [1.82, 2.24) is 10.2 Å². The van der Waals surface area contributed by atoms with E-state index in [0.717, 1.165) is 51.0 Å². The molecule has 0 radical (unpaired) electrons. The first kappa shape index (κ1) is 19.1. The second-order valence-corrected chi connectivity index (χ2v) is 9.42. The molecule has 6 nitrogen and oxygen atoms in total. The van der Waals surface area contributed by atoms with Crippen LogP contribution in [0.2, 0.25) is 0 Å². The van der Waals surface area contributed by atoms with Gasteiger partial charge >= 0.3 is 0 Å². The SMILES string of the molecule is CC(=O)NC[C@H]1[C@H]2CN(CC(=O)N3CCCc4cc(C)ccc43)C[C@]23CC[C@H]1O3. The zero-order valence-corrected chi connectivity index (χ0v) is 17.4. The fourth-order valence-corrected chi connectivity index (χ4v) is 6.20. The zero-order valence-electron chi connectivity index (χ0n) is 17.4. The summed E-state index contributed by atoms with van der Waals surface area (Å²) in [5.41, 5.74) is 3.52. The minimum absolute atomic E-state index is 0.0193. The van der Waals surface area contributed by atoms with Crippen molar-refractivity contribution in [2.75, 3.05) is 37.6 Å². The summed E-state index contributed by atoms with van der Waals surface area (Å²) in [5.74, 6) is 0.994. The van der Waals surface area contributed by atoms with Gasteiger partial charge in [-0.3, -0.25) is 14.5 Å². The third kappa shape index (κ3) is 3.26. The van der Waals surface area contributed by atoms with Gasteiger partial charge in [0.1, 0.15) is 0 Å². The second kappa shape index (κ2) is 7.10. The van der Waals surface area contributed by atoms with E-state index < -0.39 is 0 Å². The molecule has 4 aliphatic rings. The summed E-state index contributed by atoms with van der Waals surface area (Å²) in [6.45, 7) is 7.35. The number of ether oxygens (including phenoxy) is 1. The van der Waals surface area contributed by atoms with Gasteiger partial charge in [0.15, 0.2) is 0 Å². The number of aryl methyl sites for hydroxylation is 2. The molecule has 29 heavy (non-hydrogen) atoms. The van der Waals surface area contributed by atoms with Gasteiger partial charge < -0.3 is 15.0 Å².